The van der Waals surface area contributed by atoms with Gasteiger partial charge in [0.15, 0.2) is 0 Å². The van der Waals surface area contributed by atoms with Crippen molar-refractivity contribution in [1.82, 2.24) is 5.32 Å². The maximum atomic E-state index is 3.81. The average Bonchev–Trinajstić information content (AvgIpc) is 2.91. The van der Waals surface area contributed by atoms with Crippen LogP contribution in [-0.4, -0.2) is 5.54 Å². The molecular weight excluding hydrogens is 214 g/mol. The van der Waals surface area contributed by atoms with Gasteiger partial charge in [0.2, 0.25) is 0 Å². The largest absolute Gasteiger partial charge is 0.304 e. The van der Waals surface area contributed by atoms with Crippen molar-refractivity contribution in [3.63, 3.8) is 0 Å². The highest BCUT2D eigenvalue weighted by molar-refractivity contribution is 7.10. The first kappa shape index (κ1) is 12.1. The number of hydrogen-bond acceptors (Lipinski definition) is 2. The van der Waals surface area contributed by atoms with E-state index in [-0.39, 0.29) is 5.54 Å². The van der Waals surface area contributed by atoms with E-state index in [1.807, 2.05) is 11.3 Å². The molecule has 0 saturated heterocycles. The van der Waals surface area contributed by atoms with E-state index in [2.05, 4.69) is 43.6 Å². The van der Waals surface area contributed by atoms with Crippen molar-refractivity contribution in [2.24, 2.45) is 5.92 Å². The van der Waals surface area contributed by atoms with E-state index in [0.717, 1.165) is 5.92 Å². The third-order valence-electron chi connectivity index (χ3n) is 3.93. The Balaban J connectivity index is 1.97. The zero-order valence-corrected chi connectivity index (χ0v) is 11.4. The Morgan fingerprint density at radius 1 is 1.38 bits per heavy atom. The lowest BCUT2D eigenvalue weighted by molar-refractivity contribution is 0.235. The highest BCUT2D eigenvalue weighted by atomic mass is 32.1. The van der Waals surface area contributed by atoms with Crippen LogP contribution < -0.4 is 5.32 Å². The van der Waals surface area contributed by atoms with E-state index in [4.69, 9.17) is 0 Å². The average molecular weight is 237 g/mol. The topological polar surface area (TPSA) is 12.0 Å². The zero-order chi connectivity index (χ0) is 11.6. The molecule has 1 atom stereocenters. The Labute approximate surface area is 103 Å². The second kappa shape index (κ2) is 4.89. The number of rotatable bonds is 4. The molecule has 0 radical (unpaired) electrons. The molecular formula is C14H23NS. The van der Waals surface area contributed by atoms with E-state index in [1.54, 1.807) is 0 Å². The molecule has 1 aromatic heterocycles. The molecule has 1 aromatic rings. The molecule has 1 heterocycles. The number of hydrogen-bond donors (Lipinski definition) is 1. The molecule has 0 aromatic carbocycles. The van der Waals surface area contributed by atoms with Gasteiger partial charge in [0, 0.05) is 16.5 Å². The zero-order valence-electron chi connectivity index (χ0n) is 10.6. The van der Waals surface area contributed by atoms with Crippen LogP contribution in [0.4, 0.5) is 0 Å². The van der Waals surface area contributed by atoms with Crippen LogP contribution >= 0.6 is 11.3 Å². The molecule has 0 bridgehead atoms. The minimum Gasteiger partial charge on any atom is -0.304 e. The smallest absolute Gasteiger partial charge is 0.0390 e. The molecule has 1 aliphatic carbocycles. The van der Waals surface area contributed by atoms with Crippen molar-refractivity contribution in [1.29, 1.82) is 0 Å². The predicted molar refractivity (Wildman–Crippen MR) is 71.9 cm³/mol. The molecule has 0 spiro atoms. The van der Waals surface area contributed by atoms with Gasteiger partial charge in [0.05, 0.1) is 0 Å². The minimum atomic E-state index is 0.278. The fourth-order valence-corrected chi connectivity index (χ4v) is 3.67. The van der Waals surface area contributed by atoms with Crippen LogP contribution in [0.1, 0.15) is 57.4 Å². The summed E-state index contributed by atoms with van der Waals surface area (Å²) < 4.78 is 0. The summed E-state index contributed by atoms with van der Waals surface area (Å²) in [7, 11) is 0. The molecule has 0 aliphatic heterocycles. The number of nitrogens with one attached hydrogen (secondary N) is 1. The first-order chi connectivity index (χ1) is 7.59. The SMILES string of the molecule is CC(NC(C)(C)C1CCCC1)c1cccs1. The molecule has 1 aliphatic rings. The molecule has 1 nitrogen and oxygen atoms in total. The van der Waals surface area contributed by atoms with E-state index in [1.165, 1.54) is 30.6 Å². The molecule has 1 N–H and O–H groups in total. The Morgan fingerprint density at radius 3 is 2.62 bits per heavy atom. The van der Waals surface area contributed by atoms with Gasteiger partial charge in [-0.05, 0) is 51.0 Å². The van der Waals surface area contributed by atoms with Crippen molar-refractivity contribution >= 4 is 11.3 Å². The first-order valence-corrected chi connectivity index (χ1v) is 7.28. The predicted octanol–water partition coefficient (Wildman–Crippen LogP) is 4.37. The highest BCUT2D eigenvalue weighted by Gasteiger charge is 2.32. The molecule has 1 fully saturated rings. The third kappa shape index (κ3) is 2.67. The van der Waals surface area contributed by atoms with Crippen molar-refractivity contribution in [3.05, 3.63) is 22.4 Å². The lowest BCUT2D eigenvalue weighted by atomic mass is 9.85. The van der Waals surface area contributed by atoms with Gasteiger partial charge >= 0.3 is 0 Å². The van der Waals surface area contributed by atoms with Gasteiger partial charge in [-0.1, -0.05) is 18.9 Å². The fraction of sp³-hybridized carbons (Fsp3) is 0.714. The van der Waals surface area contributed by atoms with Crippen LogP contribution in [0.5, 0.6) is 0 Å². The van der Waals surface area contributed by atoms with Crippen LogP contribution in [0.3, 0.4) is 0 Å². The quantitative estimate of drug-likeness (QED) is 0.820. The molecule has 90 valence electrons. The summed E-state index contributed by atoms with van der Waals surface area (Å²) in [5, 5.41) is 5.97. The summed E-state index contributed by atoms with van der Waals surface area (Å²) in [4.78, 5) is 1.45. The van der Waals surface area contributed by atoms with Gasteiger partial charge in [-0.25, -0.2) is 0 Å². The van der Waals surface area contributed by atoms with E-state index in [0.29, 0.717) is 6.04 Å². The van der Waals surface area contributed by atoms with Gasteiger partial charge in [0.1, 0.15) is 0 Å². The van der Waals surface area contributed by atoms with Crippen LogP contribution in [-0.2, 0) is 0 Å². The Morgan fingerprint density at radius 2 is 2.06 bits per heavy atom. The summed E-state index contributed by atoms with van der Waals surface area (Å²) in [6, 6.07) is 4.85. The molecule has 1 unspecified atom stereocenters. The Kier molecular flexibility index (Phi) is 3.70. The minimum absolute atomic E-state index is 0.278. The summed E-state index contributed by atoms with van der Waals surface area (Å²) in [6.07, 6.45) is 5.64. The maximum absolute atomic E-state index is 3.81. The third-order valence-corrected chi connectivity index (χ3v) is 4.99. The molecule has 0 amide bonds. The van der Waals surface area contributed by atoms with Crippen molar-refractivity contribution < 1.29 is 0 Å². The Hall–Kier alpha value is -0.340. The molecule has 2 rings (SSSR count). The molecule has 1 saturated carbocycles. The van der Waals surface area contributed by atoms with Crippen molar-refractivity contribution in [3.8, 4) is 0 Å². The Bertz CT molecular complexity index is 309. The summed E-state index contributed by atoms with van der Waals surface area (Å²) >= 11 is 1.85. The maximum Gasteiger partial charge on any atom is 0.0390 e. The van der Waals surface area contributed by atoms with Crippen LogP contribution in [0, 0.1) is 5.92 Å². The van der Waals surface area contributed by atoms with Gasteiger partial charge in [-0.3, -0.25) is 0 Å². The first-order valence-electron chi connectivity index (χ1n) is 6.41. The van der Waals surface area contributed by atoms with Crippen molar-refractivity contribution in [2.45, 2.75) is 58.0 Å². The van der Waals surface area contributed by atoms with Gasteiger partial charge < -0.3 is 5.32 Å². The summed E-state index contributed by atoms with van der Waals surface area (Å²) in [5.41, 5.74) is 0.278. The second-order valence-corrected chi connectivity index (χ2v) is 6.56. The number of thiophene rings is 1. The van der Waals surface area contributed by atoms with E-state index < -0.39 is 0 Å². The highest BCUT2D eigenvalue weighted by Crippen LogP contribution is 2.35. The normalized spacial score (nSPS) is 20.2. The van der Waals surface area contributed by atoms with Gasteiger partial charge in [-0.2, -0.15) is 0 Å². The standard InChI is InChI=1S/C14H23NS/c1-11(13-9-6-10-16-13)15-14(2,3)12-7-4-5-8-12/h6,9-12,15H,4-5,7-8H2,1-3H3. The molecule has 2 heteroatoms. The fourth-order valence-electron chi connectivity index (χ4n) is 2.93. The van der Waals surface area contributed by atoms with Crippen LogP contribution in [0.2, 0.25) is 0 Å². The van der Waals surface area contributed by atoms with Crippen LogP contribution in [0.25, 0.3) is 0 Å². The van der Waals surface area contributed by atoms with E-state index in [9.17, 15) is 0 Å². The van der Waals surface area contributed by atoms with Gasteiger partial charge in [0.25, 0.3) is 0 Å². The lowest BCUT2D eigenvalue weighted by Crippen LogP contribution is -2.46. The van der Waals surface area contributed by atoms with Gasteiger partial charge in [-0.15, -0.1) is 11.3 Å². The van der Waals surface area contributed by atoms with Crippen molar-refractivity contribution in [2.75, 3.05) is 0 Å². The monoisotopic (exact) mass is 237 g/mol. The van der Waals surface area contributed by atoms with Crippen LogP contribution in [0.15, 0.2) is 17.5 Å². The summed E-state index contributed by atoms with van der Waals surface area (Å²) in [6.45, 7) is 7.02. The summed E-state index contributed by atoms with van der Waals surface area (Å²) in [5.74, 6) is 0.856. The molecule has 16 heavy (non-hydrogen) atoms. The second-order valence-electron chi connectivity index (χ2n) is 5.58. The van der Waals surface area contributed by atoms with E-state index >= 15 is 0 Å². The lowest BCUT2D eigenvalue weighted by Gasteiger charge is -2.35.